The highest BCUT2D eigenvalue weighted by atomic mass is 32.2. The van der Waals surface area contributed by atoms with Crippen LogP contribution in [-0.2, 0) is 11.3 Å². The van der Waals surface area contributed by atoms with E-state index >= 15 is 0 Å². The van der Waals surface area contributed by atoms with Crippen LogP contribution >= 0.6 is 11.8 Å². The number of ether oxygens (including phenoxy) is 1. The highest BCUT2D eigenvalue weighted by Crippen LogP contribution is 2.28. The van der Waals surface area contributed by atoms with Gasteiger partial charge in [-0.2, -0.15) is 11.8 Å². The number of rotatable bonds is 5. The van der Waals surface area contributed by atoms with Gasteiger partial charge in [-0.05, 0) is 25.2 Å². The fourth-order valence-corrected chi connectivity index (χ4v) is 3.39. The molecule has 0 radical (unpaired) electrons. The fraction of sp³-hybridized carbons (Fsp3) is 0.615. The van der Waals surface area contributed by atoms with Crippen molar-refractivity contribution in [2.45, 2.75) is 37.1 Å². The second kappa shape index (κ2) is 6.29. The summed E-state index contributed by atoms with van der Waals surface area (Å²) in [5.41, 5.74) is 0.869. The van der Waals surface area contributed by atoms with Crippen molar-refractivity contribution in [1.82, 2.24) is 5.32 Å². The Kier molecular flexibility index (Phi) is 4.72. The maximum absolute atomic E-state index is 11.5. The van der Waals surface area contributed by atoms with Crippen LogP contribution in [-0.4, -0.2) is 30.6 Å². The third kappa shape index (κ3) is 2.90. The molecular formula is C13H19NO3S. The zero-order chi connectivity index (χ0) is 13.0. The average Bonchev–Trinajstić information content (AvgIpc) is 3.03. The normalized spacial score (nSPS) is 23.2. The molecule has 2 unspecified atom stereocenters. The zero-order valence-electron chi connectivity index (χ0n) is 10.8. The van der Waals surface area contributed by atoms with Crippen LogP contribution in [0.2, 0.25) is 0 Å². The molecule has 0 spiro atoms. The number of hydrogen-bond donors (Lipinski definition) is 1. The molecule has 0 aromatic carbocycles. The summed E-state index contributed by atoms with van der Waals surface area (Å²) in [6, 6.07) is 2.35. The molecule has 100 valence electrons. The van der Waals surface area contributed by atoms with Gasteiger partial charge in [0.25, 0.3) is 0 Å². The molecule has 1 fully saturated rings. The highest BCUT2D eigenvalue weighted by Gasteiger charge is 2.26. The first kappa shape index (κ1) is 13.5. The molecule has 0 amide bonds. The van der Waals surface area contributed by atoms with E-state index in [9.17, 15) is 4.79 Å². The number of carbonyl (C=O) groups excluding carboxylic acids is 1. The molecule has 18 heavy (non-hydrogen) atoms. The van der Waals surface area contributed by atoms with E-state index in [1.807, 2.05) is 17.8 Å². The summed E-state index contributed by atoms with van der Waals surface area (Å²) in [5.74, 6) is -0.103. The van der Waals surface area contributed by atoms with Crippen molar-refractivity contribution < 1.29 is 13.9 Å². The molecule has 2 rings (SSSR count). The zero-order valence-corrected chi connectivity index (χ0v) is 11.6. The summed E-state index contributed by atoms with van der Waals surface area (Å²) in [4.78, 5) is 11.5. The number of hydrogen-bond acceptors (Lipinski definition) is 5. The molecule has 1 aliphatic carbocycles. The molecule has 1 heterocycles. The van der Waals surface area contributed by atoms with Gasteiger partial charge in [0.1, 0.15) is 0 Å². The Balaban J connectivity index is 1.94. The van der Waals surface area contributed by atoms with E-state index in [1.54, 1.807) is 0 Å². The Bertz CT molecular complexity index is 405. The van der Waals surface area contributed by atoms with Crippen LogP contribution in [0.25, 0.3) is 0 Å². The van der Waals surface area contributed by atoms with E-state index in [0.29, 0.717) is 23.6 Å². The van der Waals surface area contributed by atoms with E-state index in [2.05, 4.69) is 16.3 Å². The summed E-state index contributed by atoms with van der Waals surface area (Å²) in [6.07, 6.45) is 7.44. The van der Waals surface area contributed by atoms with Gasteiger partial charge < -0.3 is 14.5 Å². The molecule has 5 heteroatoms. The Hall–Kier alpha value is -0.940. The van der Waals surface area contributed by atoms with Crippen LogP contribution < -0.4 is 5.32 Å². The maximum atomic E-state index is 11.5. The lowest BCUT2D eigenvalue weighted by atomic mass is 10.2. The lowest BCUT2D eigenvalue weighted by Crippen LogP contribution is -2.33. The van der Waals surface area contributed by atoms with Gasteiger partial charge in [0.05, 0.1) is 13.4 Å². The Labute approximate surface area is 111 Å². The van der Waals surface area contributed by atoms with E-state index in [1.165, 1.54) is 32.6 Å². The molecule has 0 bridgehead atoms. The summed E-state index contributed by atoms with van der Waals surface area (Å²) in [5, 5.41) is 4.19. The molecule has 1 aromatic heterocycles. The van der Waals surface area contributed by atoms with Crippen molar-refractivity contribution in [3.05, 3.63) is 23.7 Å². The van der Waals surface area contributed by atoms with Crippen LogP contribution in [0, 0.1) is 0 Å². The first-order valence-electron chi connectivity index (χ1n) is 6.17. The van der Waals surface area contributed by atoms with Crippen LogP contribution in [0.4, 0.5) is 0 Å². The molecular weight excluding hydrogens is 250 g/mol. The molecule has 2 atom stereocenters. The predicted molar refractivity (Wildman–Crippen MR) is 71.8 cm³/mol. The molecule has 1 aromatic rings. The highest BCUT2D eigenvalue weighted by molar-refractivity contribution is 7.99. The van der Waals surface area contributed by atoms with Crippen molar-refractivity contribution in [1.29, 1.82) is 0 Å². The Morgan fingerprint density at radius 1 is 1.61 bits per heavy atom. The van der Waals surface area contributed by atoms with Crippen molar-refractivity contribution in [3.8, 4) is 0 Å². The molecule has 1 N–H and O–H groups in total. The monoisotopic (exact) mass is 269 g/mol. The summed E-state index contributed by atoms with van der Waals surface area (Å²) in [7, 11) is 1.36. The minimum Gasteiger partial charge on any atom is -0.463 e. The van der Waals surface area contributed by atoms with Gasteiger partial charge in [-0.15, -0.1) is 0 Å². The largest absolute Gasteiger partial charge is 0.463 e. The topological polar surface area (TPSA) is 51.5 Å². The third-order valence-corrected chi connectivity index (χ3v) is 4.60. The molecule has 1 saturated carbocycles. The third-order valence-electron chi connectivity index (χ3n) is 3.43. The van der Waals surface area contributed by atoms with Crippen LogP contribution in [0.15, 0.2) is 16.7 Å². The van der Waals surface area contributed by atoms with Gasteiger partial charge in [0, 0.05) is 23.4 Å². The van der Waals surface area contributed by atoms with Gasteiger partial charge in [-0.1, -0.05) is 6.42 Å². The van der Waals surface area contributed by atoms with Crippen LogP contribution in [0.1, 0.15) is 35.4 Å². The second-order valence-corrected chi connectivity index (χ2v) is 5.54. The first-order chi connectivity index (χ1) is 8.76. The van der Waals surface area contributed by atoms with Gasteiger partial charge in [0.2, 0.25) is 5.76 Å². The molecule has 1 aliphatic rings. The van der Waals surface area contributed by atoms with Gasteiger partial charge in [-0.3, -0.25) is 0 Å². The number of carbonyl (C=O) groups is 1. The quantitative estimate of drug-likeness (QED) is 0.832. The van der Waals surface area contributed by atoms with E-state index < -0.39 is 5.97 Å². The van der Waals surface area contributed by atoms with E-state index in [-0.39, 0.29) is 0 Å². The van der Waals surface area contributed by atoms with Gasteiger partial charge >= 0.3 is 5.97 Å². The predicted octanol–water partition coefficient (Wildman–Crippen LogP) is 2.44. The smallest absolute Gasteiger partial charge is 0.374 e. The number of furan rings is 1. The standard InChI is InChI=1S/C13H19NO3S/c1-16-13(15)12-9(6-7-17-12)8-14-10-4-3-5-11(10)18-2/h6-7,10-11,14H,3-5,8H2,1-2H3. The van der Waals surface area contributed by atoms with Crippen molar-refractivity contribution in [2.75, 3.05) is 13.4 Å². The number of methoxy groups -OCH3 is 1. The fourth-order valence-electron chi connectivity index (χ4n) is 2.43. The maximum Gasteiger partial charge on any atom is 0.374 e. The summed E-state index contributed by atoms with van der Waals surface area (Å²) < 4.78 is 9.85. The SMILES string of the molecule is COC(=O)c1occc1CNC1CCCC1SC. The number of thioether (sulfide) groups is 1. The number of esters is 1. The molecule has 4 nitrogen and oxygen atoms in total. The van der Waals surface area contributed by atoms with Gasteiger partial charge in [0.15, 0.2) is 0 Å². The average molecular weight is 269 g/mol. The summed E-state index contributed by atoms with van der Waals surface area (Å²) in [6.45, 7) is 0.655. The van der Waals surface area contributed by atoms with Crippen LogP contribution in [0.3, 0.4) is 0 Å². The minimum absolute atomic E-state index is 0.309. The second-order valence-electron chi connectivity index (χ2n) is 4.46. The molecule has 0 saturated heterocycles. The lowest BCUT2D eigenvalue weighted by Gasteiger charge is -2.18. The van der Waals surface area contributed by atoms with Crippen molar-refractivity contribution in [2.24, 2.45) is 0 Å². The Morgan fingerprint density at radius 3 is 3.17 bits per heavy atom. The van der Waals surface area contributed by atoms with E-state index in [4.69, 9.17) is 4.42 Å². The van der Waals surface area contributed by atoms with E-state index in [0.717, 1.165) is 5.56 Å². The Morgan fingerprint density at radius 2 is 2.44 bits per heavy atom. The van der Waals surface area contributed by atoms with Crippen LogP contribution in [0.5, 0.6) is 0 Å². The molecule has 0 aliphatic heterocycles. The van der Waals surface area contributed by atoms with Gasteiger partial charge in [-0.25, -0.2) is 4.79 Å². The first-order valence-corrected chi connectivity index (χ1v) is 7.46. The minimum atomic E-state index is -0.412. The van der Waals surface area contributed by atoms with Crippen molar-refractivity contribution in [3.63, 3.8) is 0 Å². The summed E-state index contributed by atoms with van der Waals surface area (Å²) >= 11 is 1.92. The van der Waals surface area contributed by atoms with Crippen molar-refractivity contribution >= 4 is 17.7 Å². The number of nitrogens with one attached hydrogen (secondary N) is 1. The lowest BCUT2D eigenvalue weighted by molar-refractivity contribution is 0.0563.